The molecule has 4 nitrogen and oxygen atoms in total. The monoisotopic (exact) mass is 323 g/mol. The lowest BCUT2D eigenvalue weighted by Crippen LogP contribution is -2.32. The molecule has 4 heteroatoms. The summed E-state index contributed by atoms with van der Waals surface area (Å²) in [5.41, 5.74) is 4.31. The summed E-state index contributed by atoms with van der Waals surface area (Å²) >= 11 is 0. The summed E-state index contributed by atoms with van der Waals surface area (Å²) in [4.78, 5) is 14.7. The molecule has 1 fully saturated rings. The maximum Gasteiger partial charge on any atom is 0.319 e. The molecule has 1 aliphatic rings. The molecule has 2 aromatic rings. The first-order valence-corrected chi connectivity index (χ1v) is 8.67. The van der Waals surface area contributed by atoms with E-state index >= 15 is 0 Å². The minimum absolute atomic E-state index is 0.164. The van der Waals surface area contributed by atoms with Crippen molar-refractivity contribution in [2.45, 2.75) is 32.7 Å². The maximum absolute atomic E-state index is 12.3. The van der Waals surface area contributed by atoms with Gasteiger partial charge in [0.25, 0.3) is 0 Å². The Morgan fingerprint density at radius 3 is 2.50 bits per heavy atom. The van der Waals surface area contributed by atoms with Crippen molar-refractivity contribution in [3.8, 4) is 0 Å². The van der Waals surface area contributed by atoms with Gasteiger partial charge in [-0.1, -0.05) is 36.4 Å². The molecule has 1 heterocycles. The smallest absolute Gasteiger partial charge is 0.319 e. The lowest BCUT2D eigenvalue weighted by molar-refractivity contribution is 0.251. The number of carbonyl (C=O) groups is 1. The fourth-order valence-electron chi connectivity index (χ4n) is 3.14. The van der Waals surface area contributed by atoms with Gasteiger partial charge in [-0.05, 0) is 49.4 Å². The number of anilines is 2. The summed E-state index contributed by atoms with van der Waals surface area (Å²) in [5, 5.41) is 5.96. The van der Waals surface area contributed by atoms with Gasteiger partial charge in [-0.15, -0.1) is 0 Å². The van der Waals surface area contributed by atoms with Crippen LogP contribution in [-0.4, -0.2) is 19.1 Å². The predicted molar refractivity (Wildman–Crippen MR) is 99.5 cm³/mol. The van der Waals surface area contributed by atoms with Gasteiger partial charge >= 0.3 is 6.03 Å². The first kappa shape index (κ1) is 16.4. The zero-order valence-electron chi connectivity index (χ0n) is 14.2. The van der Waals surface area contributed by atoms with Crippen LogP contribution in [0.5, 0.6) is 0 Å². The highest BCUT2D eigenvalue weighted by Gasteiger charge is 2.15. The van der Waals surface area contributed by atoms with Crippen LogP contribution in [0.25, 0.3) is 0 Å². The van der Waals surface area contributed by atoms with Gasteiger partial charge in [-0.25, -0.2) is 4.79 Å². The largest absolute Gasteiger partial charge is 0.370 e. The van der Waals surface area contributed by atoms with E-state index in [4.69, 9.17) is 0 Å². The Morgan fingerprint density at radius 1 is 1.00 bits per heavy atom. The molecule has 0 aromatic heterocycles. The third-order valence-electron chi connectivity index (χ3n) is 4.55. The minimum atomic E-state index is -0.164. The quantitative estimate of drug-likeness (QED) is 0.881. The Morgan fingerprint density at radius 2 is 1.71 bits per heavy atom. The van der Waals surface area contributed by atoms with E-state index in [0.717, 1.165) is 30.0 Å². The Bertz CT molecular complexity index is 693. The zero-order chi connectivity index (χ0) is 16.8. The summed E-state index contributed by atoms with van der Waals surface area (Å²) in [5.74, 6) is 0. The van der Waals surface area contributed by atoms with E-state index in [1.165, 1.54) is 24.8 Å². The number of piperidine rings is 1. The van der Waals surface area contributed by atoms with Crippen molar-refractivity contribution in [3.63, 3.8) is 0 Å². The molecule has 126 valence electrons. The highest BCUT2D eigenvalue weighted by atomic mass is 16.2. The molecule has 3 rings (SSSR count). The number of benzene rings is 2. The van der Waals surface area contributed by atoms with Crippen LogP contribution in [0.1, 0.15) is 30.4 Å². The summed E-state index contributed by atoms with van der Waals surface area (Å²) < 4.78 is 0. The number of carbonyl (C=O) groups excluding carboxylic acids is 1. The van der Waals surface area contributed by atoms with Crippen LogP contribution < -0.4 is 15.5 Å². The number of hydrogen-bond acceptors (Lipinski definition) is 2. The molecule has 24 heavy (non-hydrogen) atoms. The Kier molecular flexibility index (Phi) is 5.36. The van der Waals surface area contributed by atoms with Gasteiger partial charge in [0.15, 0.2) is 0 Å². The molecule has 0 aliphatic carbocycles. The highest BCUT2D eigenvalue weighted by molar-refractivity contribution is 5.93. The van der Waals surface area contributed by atoms with E-state index in [1.54, 1.807) is 0 Å². The van der Waals surface area contributed by atoms with E-state index in [9.17, 15) is 4.79 Å². The Labute approximate surface area is 143 Å². The molecular formula is C20H25N3O. The molecule has 1 saturated heterocycles. The second-order valence-electron chi connectivity index (χ2n) is 6.30. The van der Waals surface area contributed by atoms with Crippen molar-refractivity contribution < 1.29 is 4.79 Å². The van der Waals surface area contributed by atoms with Crippen molar-refractivity contribution in [1.29, 1.82) is 0 Å². The van der Waals surface area contributed by atoms with Crippen LogP contribution in [0, 0.1) is 6.92 Å². The highest BCUT2D eigenvalue weighted by Crippen LogP contribution is 2.28. The van der Waals surface area contributed by atoms with Gasteiger partial charge in [-0.2, -0.15) is 0 Å². The molecule has 0 unspecified atom stereocenters. The van der Waals surface area contributed by atoms with Gasteiger partial charge in [-0.3, -0.25) is 0 Å². The van der Waals surface area contributed by atoms with Gasteiger partial charge < -0.3 is 15.5 Å². The van der Waals surface area contributed by atoms with Gasteiger partial charge in [0.2, 0.25) is 0 Å². The van der Waals surface area contributed by atoms with Crippen molar-refractivity contribution in [2.24, 2.45) is 0 Å². The number of hydrogen-bond donors (Lipinski definition) is 2. The van der Waals surface area contributed by atoms with Crippen molar-refractivity contribution in [2.75, 3.05) is 23.3 Å². The van der Waals surface area contributed by atoms with Crippen LogP contribution in [0.3, 0.4) is 0 Å². The summed E-state index contributed by atoms with van der Waals surface area (Å²) in [6, 6.07) is 16.0. The molecule has 0 bridgehead atoms. The normalized spacial score (nSPS) is 14.3. The van der Waals surface area contributed by atoms with Crippen LogP contribution in [0.15, 0.2) is 48.5 Å². The number of aryl methyl sites for hydroxylation is 1. The number of nitrogens with zero attached hydrogens (tertiary/aromatic N) is 1. The molecule has 0 atom stereocenters. The molecule has 1 aliphatic heterocycles. The molecule has 2 aromatic carbocycles. The molecular weight excluding hydrogens is 298 g/mol. The standard InChI is InChI=1S/C20H25N3O/c1-16-9-3-4-10-17(16)15-21-20(24)22-18-11-5-6-12-19(18)23-13-7-2-8-14-23/h3-6,9-12H,2,7-8,13-15H2,1H3,(H2,21,22,24). The van der Waals surface area contributed by atoms with Gasteiger partial charge in [0, 0.05) is 19.6 Å². The first-order valence-electron chi connectivity index (χ1n) is 8.67. The molecule has 2 N–H and O–H groups in total. The number of amides is 2. The molecule has 0 radical (unpaired) electrons. The van der Waals surface area contributed by atoms with Crippen molar-refractivity contribution >= 4 is 17.4 Å². The summed E-state index contributed by atoms with van der Waals surface area (Å²) in [6.07, 6.45) is 3.73. The number of para-hydroxylation sites is 2. The van der Waals surface area contributed by atoms with E-state index < -0.39 is 0 Å². The fourth-order valence-corrected chi connectivity index (χ4v) is 3.14. The first-order chi connectivity index (χ1) is 11.7. The zero-order valence-corrected chi connectivity index (χ0v) is 14.2. The molecule has 0 saturated carbocycles. The number of urea groups is 1. The van der Waals surface area contributed by atoms with Gasteiger partial charge in [0.05, 0.1) is 11.4 Å². The summed E-state index contributed by atoms with van der Waals surface area (Å²) in [7, 11) is 0. The van der Waals surface area contributed by atoms with E-state index in [1.807, 2.05) is 36.4 Å². The second-order valence-corrected chi connectivity index (χ2v) is 6.30. The van der Waals surface area contributed by atoms with Crippen LogP contribution in [0.4, 0.5) is 16.2 Å². The molecule has 0 spiro atoms. The van der Waals surface area contributed by atoms with Crippen LogP contribution >= 0.6 is 0 Å². The Balaban J connectivity index is 1.63. The second kappa shape index (κ2) is 7.86. The Hall–Kier alpha value is -2.49. The summed E-state index contributed by atoms with van der Waals surface area (Å²) in [6.45, 7) is 4.71. The lowest BCUT2D eigenvalue weighted by atomic mass is 10.1. The molecule has 2 amide bonds. The average molecular weight is 323 g/mol. The van der Waals surface area contributed by atoms with E-state index in [0.29, 0.717) is 6.54 Å². The van der Waals surface area contributed by atoms with Crippen LogP contribution in [0.2, 0.25) is 0 Å². The SMILES string of the molecule is Cc1ccccc1CNC(=O)Nc1ccccc1N1CCCCC1. The third kappa shape index (κ3) is 4.07. The maximum atomic E-state index is 12.3. The van der Waals surface area contributed by atoms with E-state index in [-0.39, 0.29) is 6.03 Å². The number of nitrogens with one attached hydrogen (secondary N) is 2. The topological polar surface area (TPSA) is 44.4 Å². The van der Waals surface area contributed by atoms with Crippen molar-refractivity contribution in [1.82, 2.24) is 5.32 Å². The lowest BCUT2D eigenvalue weighted by Gasteiger charge is -2.30. The van der Waals surface area contributed by atoms with Gasteiger partial charge in [0.1, 0.15) is 0 Å². The average Bonchev–Trinajstić information content (AvgIpc) is 2.62. The van der Waals surface area contributed by atoms with Crippen LogP contribution in [-0.2, 0) is 6.54 Å². The fraction of sp³-hybridized carbons (Fsp3) is 0.350. The van der Waals surface area contributed by atoms with Crippen molar-refractivity contribution in [3.05, 3.63) is 59.7 Å². The predicted octanol–water partition coefficient (Wildman–Crippen LogP) is 4.31. The van der Waals surface area contributed by atoms with E-state index in [2.05, 4.69) is 34.6 Å². The minimum Gasteiger partial charge on any atom is -0.370 e. The third-order valence-corrected chi connectivity index (χ3v) is 4.55. The number of rotatable bonds is 4.